The molecular formula is C22H25N11S5. The first kappa shape index (κ1) is 26.0. The number of thiazole rings is 1. The number of nitrogens with zero attached hydrogens (tertiary/aromatic N) is 9. The van der Waals surface area contributed by atoms with Crippen molar-refractivity contribution in [1.29, 1.82) is 0 Å². The lowest BCUT2D eigenvalue weighted by Crippen LogP contribution is -2.53. The summed E-state index contributed by atoms with van der Waals surface area (Å²) in [6.07, 6.45) is 10.1. The van der Waals surface area contributed by atoms with Gasteiger partial charge in [-0.15, -0.1) is 28.2 Å². The molecule has 3 unspecified atom stereocenters. The predicted molar refractivity (Wildman–Crippen MR) is 160 cm³/mol. The molecule has 38 heavy (non-hydrogen) atoms. The summed E-state index contributed by atoms with van der Waals surface area (Å²) in [6, 6.07) is 4.66. The van der Waals surface area contributed by atoms with Gasteiger partial charge < -0.3 is 0 Å². The van der Waals surface area contributed by atoms with E-state index in [0.717, 1.165) is 44.9 Å². The topological polar surface area (TPSA) is 121 Å². The van der Waals surface area contributed by atoms with Crippen LogP contribution < -0.4 is 10.9 Å². The number of rotatable bonds is 7. The molecule has 0 aliphatic carbocycles. The molecule has 0 amide bonds. The van der Waals surface area contributed by atoms with E-state index >= 15 is 0 Å². The van der Waals surface area contributed by atoms with Crippen molar-refractivity contribution in [3.63, 3.8) is 0 Å². The number of hydrogen-bond donors (Lipinski definition) is 2. The number of aliphatic imine (C=N–C) groups is 3. The van der Waals surface area contributed by atoms with Crippen LogP contribution in [0.3, 0.4) is 0 Å². The van der Waals surface area contributed by atoms with Gasteiger partial charge in [-0.05, 0) is 12.1 Å². The molecule has 3 aliphatic rings. The highest BCUT2D eigenvalue weighted by Gasteiger charge is 2.29. The first-order valence-electron chi connectivity index (χ1n) is 12.0. The fourth-order valence-electron chi connectivity index (χ4n) is 3.82. The molecule has 0 aromatic carbocycles. The number of nitrogens with one attached hydrogen (secondary N) is 2. The van der Waals surface area contributed by atoms with E-state index in [1.54, 1.807) is 52.8 Å². The van der Waals surface area contributed by atoms with Gasteiger partial charge in [0.05, 0.1) is 36.4 Å². The normalized spacial score (nSPS) is 22.7. The molecule has 198 valence electrons. The molecule has 3 aromatic heterocycles. The number of thioether (sulfide) groups is 4. The SMILES string of the molecule is c1cc(SCC2CSC(NN(NC3=NC(Cc4cncs4)CS3)C3=NC(Cn4ccnn4)CS3)=N2)ccn1. The maximum absolute atomic E-state index is 4.97. The van der Waals surface area contributed by atoms with Gasteiger partial charge in [0.2, 0.25) is 0 Å². The van der Waals surface area contributed by atoms with Crippen molar-refractivity contribution in [3.8, 4) is 0 Å². The van der Waals surface area contributed by atoms with E-state index in [1.807, 2.05) is 64.0 Å². The molecule has 11 nitrogen and oxygen atoms in total. The van der Waals surface area contributed by atoms with E-state index in [0.29, 0.717) is 6.54 Å². The number of hydrogen-bond acceptors (Lipinski definition) is 15. The summed E-state index contributed by atoms with van der Waals surface area (Å²) in [4.78, 5) is 25.6. The standard InChI is InChI=1S/C22H25N11S5/c1-3-23-4-2-18(1)34-12-17-13-36-21(27-17)30-33(22-28-16(11-37-22)9-32-6-5-25-31-32)29-20-26-15(10-35-20)7-19-8-24-14-38-19/h1-6,8,14-17H,7,9-13H2,(H,26,29)(H,27,30). The smallest absolute Gasteiger partial charge is 0.200 e. The van der Waals surface area contributed by atoms with Gasteiger partial charge >= 0.3 is 0 Å². The Kier molecular flexibility index (Phi) is 8.70. The van der Waals surface area contributed by atoms with Gasteiger partial charge in [0.25, 0.3) is 0 Å². The van der Waals surface area contributed by atoms with E-state index in [9.17, 15) is 0 Å². The zero-order valence-corrected chi connectivity index (χ0v) is 24.2. The zero-order valence-electron chi connectivity index (χ0n) is 20.2. The van der Waals surface area contributed by atoms with Crippen LogP contribution in [0.2, 0.25) is 0 Å². The monoisotopic (exact) mass is 603 g/mol. The lowest BCUT2D eigenvalue weighted by Gasteiger charge is -2.25. The van der Waals surface area contributed by atoms with Crippen molar-refractivity contribution in [2.24, 2.45) is 15.0 Å². The highest BCUT2D eigenvalue weighted by molar-refractivity contribution is 8.15. The molecule has 3 aliphatic heterocycles. The minimum atomic E-state index is 0.114. The van der Waals surface area contributed by atoms with Crippen molar-refractivity contribution in [3.05, 3.63) is 53.5 Å². The van der Waals surface area contributed by atoms with Gasteiger partial charge in [-0.3, -0.25) is 40.5 Å². The van der Waals surface area contributed by atoms with Crippen LogP contribution in [-0.4, -0.2) is 86.7 Å². The Morgan fingerprint density at radius 3 is 2.47 bits per heavy atom. The molecule has 0 saturated heterocycles. The number of pyridine rings is 1. The Labute approximate surface area is 241 Å². The second kappa shape index (κ2) is 12.7. The lowest BCUT2D eigenvalue weighted by atomic mass is 10.2. The Balaban J connectivity index is 1.12. The minimum absolute atomic E-state index is 0.114. The number of amidine groups is 3. The highest BCUT2D eigenvalue weighted by Crippen LogP contribution is 2.27. The second-order valence-corrected chi connectivity index (χ2v) is 13.6. The molecule has 0 fully saturated rings. The van der Waals surface area contributed by atoms with E-state index in [1.165, 1.54) is 9.77 Å². The third-order valence-electron chi connectivity index (χ3n) is 5.61. The average molecular weight is 604 g/mol. The third kappa shape index (κ3) is 7.02. The third-order valence-corrected chi connectivity index (χ3v) is 10.7. The van der Waals surface area contributed by atoms with Crippen LogP contribution in [0, 0.1) is 0 Å². The van der Waals surface area contributed by atoms with Gasteiger partial charge in [0.1, 0.15) is 0 Å². The van der Waals surface area contributed by atoms with Crippen LogP contribution in [0.15, 0.2) is 68.5 Å². The molecule has 2 N–H and O–H groups in total. The largest absolute Gasteiger partial charge is 0.265 e. The summed E-state index contributed by atoms with van der Waals surface area (Å²) in [6.45, 7) is 0.695. The van der Waals surface area contributed by atoms with Gasteiger partial charge in [0.15, 0.2) is 15.5 Å². The maximum atomic E-state index is 4.97. The van der Waals surface area contributed by atoms with Gasteiger partial charge in [-0.25, -0.2) is 0 Å². The highest BCUT2D eigenvalue weighted by atomic mass is 32.2. The molecule has 0 saturated carbocycles. The maximum Gasteiger partial charge on any atom is 0.200 e. The molecule has 6 rings (SSSR count). The van der Waals surface area contributed by atoms with Crippen molar-refractivity contribution in [1.82, 2.24) is 40.9 Å². The van der Waals surface area contributed by atoms with Crippen molar-refractivity contribution in [2.45, 2.75) is 36.0 Å². The first-order valence-corrected chi connectivity index (χ1v) is 16.8. The van der Waals surface area contributed by atoms with E-state index in [2.05, 4.69) is 31.1 Å². The molecule has 16 heteroatoms. The van der Waals surface area contributed by atoms with Crippen LogP contribution in [0.25, 0.3) is 0 Å². The molecule has 0 radical (unpaired) electrons. The van der Waals surface area contributed by atoms with Crippen LogP contribution in [0.4, 0.5) is 0 Å². The van der Waals surface area contributed by atoms with E-state index in [-0.39, 0.29) is 18.1 Å². The first-order chi connectivity index (χ1) is 18.8. The quantitative estimate of drug-likeness (QED) is 0.306. The lowest BCUT2D eigenvalue weighted by molar-refractivity contribution is 0.344. The zero-order chi connectivity index (χ0) is 25.6. The van der Waals surface area contributed by atoms with Crippen LogP contribution >= 0.6 is 58.4 Å². The molecule has 0 bridgehead atoms. The number of aromatic nitrogens is 5. The molecule has 3 atom stereocenters. The Morgan fingerprint density at radius 1 is 0.921 bits per heavy atom. The fraction of sp³-hybridized carbons (Fsp3) is 0.409. The summed E-state index contributed by atoms with van der Waals surface area (Å²) in [5.74, 6) is 3.67. The van der Waals surface area contributed by atoms with Crippen molar-refractivity contribution < 1.29 is 0 Å². The fourth-order valence-corrected chi connectivity index (χ4v) is 8.34. The Bertz CT molecular complexity index is 1270. The van der Waals surface area contributed by atoms with Crippen LogP contribution in [-0.2, 0) is 13.0 Å². The van der Waals surface area contributed by atoms with Gasteiger partial charge in [0, 0.05) is 64.0 Å². The summed E-state index contributed by atoms with van der Waals surface area (Å²) >= 11 is 8.65. The molecule has 0 spiro atoms. The Morgan fingerprint density at radius 2 is 1.71 bits per heavy atom. The predicted octanol–water partition coefficient (Wildman–Crippen LogP) is 2.89. The molecule has 6 heterocycles. The van der Waals surface area contributed by atoms with E-state index < -0.39 is 0 Å². The summed E-state index contributed by atoms with van der Waals surface area (Å²) in [5, 5.41) is 12.5. The minimum Gasteiger partial charge on any atom is -0.265 e. The summed E-state index contributed by atoms with van der Waals surface area (Å²) in [7, 11) is 0. The van der Waals surface area contributed by atoms with Crippen molar-refractivity contribution >= 4 is 73.9 Å². The van der Waals surface area contributed by atoms with E-state index in [4.69, 9.17) is 15.0 Å². The number of hydrazine groups is 2. The second-order valence-electron chi connectivity index (χ2n) is 8.52. The van der Waals surface area contributed by atoms with Gasteiger partial charge in [-0.2, -0.15) is 5.12 Å². The Hall–Kier alpha value is -2.27. The summed E-state index contributed by atoms with van der Waals surface area (Å²) < 4.78 is 1.83. The average Bonchev–Trinajstić information content (AvgIpc) is 3.77. The van der Waals surface area contributed by atoms with Crippen LogP contribution in [0.5, 0.6) is 0 Å². The van der Waals surface area contributed by atoms with Gasteiger partial charge in [-0.1, -0.05) is 40.5 Å². The van der Waals surface area contributed by atoms with Crippen molar-refractivity contribution in [2.75, 3.05) is 23.0 Å². The molecule has 3 aromatic rings. The van der Waals surface area contributed by atoms with Crippen LogP contribution in [0.1, 0.15) is 4.88 Å². The molecular weight excluding hydrogens is 579 g/mol. The summed E-state index contributed by atoms with van der Waals surface area (Å²) in [5.41, 5.74) is 8.83.